The van der Waals surface area contributed by atoms with Gasteiger partial charge in [-0.1, -0.05) is 157 Å². The summed E-state index contributed by atoms with van der Waals surface area (Å²) in [6.07, 6.45) is 38.5. The molecular weight excluding hydrogens is 813 g/mol. The largest absolute Gasteiger partial charge is 0.462 e. The molecule has 62 heavy (non-hydrogen) atoms. The van der Waals surface area contributed by atoms with Crippen LogP contribution in [0, 0.1) is 0 Å². The molecule has 0 aromatic heterocycles. The first-order chi connectivity index (χ1) is 30.0. The van der Waals surface area contributed by atoms with Gasteiger partial charge in [0.25, 0.3) is 10.1 Å². The highest BCUT2D eigenvalue weighted by molar-refractivity contribution is 7.85. The number of hydrogen-bond acceptors (Lipinski definition) is 11. The molecule has 4 N–H and O–H groups in total. The molecule has 13 heteroatoms. The normalized spacial score (nSPS) is 20.3. The molecule has 1 aliphatic rings. The average Bonchev–Trinajstić information content (AvgIpc) is 3.24. The van der Waals surface area contributed by atoms with Crippen molar-refractivity contribution in [1.82, 2.24) is 0 Å². The monoisotopic (exact) mass is 895 g/mol. The molecule has 0 aromatic carbocycles. The minimum Gasteiger partial charge on any atom is -0.462 e. The zero-order valence-corrected chi connectivity index (χ0v) is 38.6. The van der Waals surface area contributed by atoms with Gasteiger partial charge in [0, 0.05) is 12.8 Å². The van der Waals surface area contributed by atoms with Crippen LogP contribution in [0.2, 0.25) is 0 Å². The third kappa shape index (κ3) is 32.7. The van der Waals surface area contributed by atoms with E-state index in [1.807, 2.05) is 18.2 Å². The smallest absolute Gasteiger partial charge is 0.306 e. The SMILES string of the molecule is C=CCCCCCCCCCCCCCCCC(=O)O[C@H](COC(=O)CC/C=C/C/C=C/C/C=C/C/C=C/C/C=C/CCCCC)CO[C@H]1O[C@H](CS(=O)(=O)O)[C@@H](O)C(O)C1O. The Hall–Kier alpha value is -2.91. The molecular formula is C49H82O12S. The van der Waals surface area contributed by atoms with Crippen molar-refractivity contribution in [3.8, 4) is 0 Å². The summed E-state index contributed by atoms with van der Waals surface area (Å²) >= 11 is 0. The fraction of sp³-hybridized carbons (Fsp3) is 0.714. The summed E-state index contributed by atoms with van der Waals surface area (Å²) < 4.78 is 54.0. The molecule has 1 saturated heterocycles. The molecule has 0 aromatic rings. The fourth-order valence-electron chi connectivity index (χ4n) is 6.76. The van der Waals surface area contributed by atoms with Crippen LogP contribution >= 0.6 is 0 Å². The topological polar surface area (TPSA) is 186 Å². The van der Waals surface area contributed by atoms with Crippen LogP contribution in [0.4, 0.5) is 0 Å². The van der Waals surface area contributed by atoms with Crippen molar-refractivity contribution < 1.29 is 56.8 Å². The summed E-state index contributed by atoms with van der Waals surface area (Å²) in [6, 6.07) is 0. The maximum absolute atomic E-state index is 12.8. The van der Waals surface area contributed by atoms with Crippen LogP contribution < -0.4 is 0 Å². The molecule has 1 rings (SSSR count). The molecule has 0 spiro atoms. The Labute approximate surface area is 374 Å². The Morgan fingerprint density at radius 3 is 1.60 bits per heavy atom. The molecule has 1 aliphatic heterocycles. The highest BCUT2D eigenvalue weighted by Gasteiger charge is 2.46. The Morgan fingerprint density at radius 1 is 0.597 bits per heavy atom. The molecule has 12 nitrogen and oxygen atoms in total. The first kappa shape index (κ1) is 57.1. The second kappa shape index (κ2) is 38.5. The van der Waals surface area contributed by atoms with Crippen LogP contribution in [0.1, 0.15) is 167 Å². The molecule has 0 radical (unpaired) electrons. The number of aliphatic hydroxyl groups is 3. The molecule has 1 heterocycles. The number of rotatable bonds is 39. The fourth-order valence-corrected chi connectivity index (χ4v) is 7.45. The first-order valence-corrected chi connectivity index (χ1v) is 25.1. The Balaban J connectivity index is 2.48. The molecule has 0 saturated carbocycles. The lowest BCUT2D eigenvalue weighted by atomic mass is 10.00. The van der Waals surface area contributed by atoms with Gasteiger partial charge in [0.05, 0.1) is 6.61 Å². The predicted octanol–water partition coefficient (Wildman–Crippen LogP) is 9.89. The number of ether oxygens (including phenoxy) is 4. The lowest BCUT2D eigenvalue weighted by Crippen LogP contribution is -2.60. The van der Waals surface area contributed by atoms with Gasteiger partial charge < -0.3 is 34.3 Å². The van der Waals surface area contributed by atoms with Crippen molar-refractivity contribution in [3.63, 3.8) is 0 Å². The van der Waals surface area contributed by atoms with E-state index < -0.39 is 71.2 Å². The Kier molecular flexibility index (Phi) is 35.5. The molecule has 1 fully saturated rings. The number of aliphatic hydroxyl groups excluding tert-OH is 3. The standard InChI is InChI=1S/C49H82O12S/c1-3-5-7-9-11-13-15-17-19-20-21-22-24-25-27-29-31-33-35-37-44(50)58-39-42(40-59-49-48(54)47(53)46(52)43(61-49)41-62(55,56)57)60-45(51)38-36-34-32-30-28-26-23-18-16-14-12-10-8-6-4-2/h4,11,13,17,19,21-22,25,27,31,33,42-43,46-49,52-54H,2-3,5-10,12,14-16,18,20,23-24,26,28-30,32,34-41H2,1H3,(H,55,56,57)/b13-11+,19-17+,22-21+,27-25+,33-31+/t42-,43-,46-,47?,48?,49+/m1/s1. The minimum absolute atomic E-state index is 0.0922. The van der Waals surface area contributed by atoms with Gasteiger partial charge in [-0.2, -0.15) is 8.42 Å². The Morgan fingerprint density at radius 2 is 1.08 bits per heavy atom. The zero-order chi connectivity index (χ0) is 45.5. The van der Waals surface area contributed by atoms with Gasteiger partial charge in [0.1, 0.15) is 36.8 Å². The van der Waals surface area contributed by atoms with Crippen LogP contribution in [0.5, 0.6) is 0 Å². The molecule has 2 unspecified atom stereocenters. The lowest BCUT2D eigenvalue weighted by Gasteiger charge is -2.40. The molecule has 0 bridgehead atoms. The summed E-state index contributed by atoms with van der Waals surface area (Å²) in [5, 5.41) is 30.9. The summed E-state index contributed by atoms with van der Waals surface area (Å²) in [5.74, 6) is -2.10. The second-order valence-corrected chi connectivity index (χ2v) is 17.6. The van der Waals surface area contributed by atoms with E-state index in [9.17, 15) is 37.9 Å². The maximum atomic E-state index is 12.8. The van der Waals surface area contributed by atoms with Crippen LogP contribution in [0.3, 0.4) is 0 Å². The molecule has 0 aliphatic carbocycles. The quantitative estimate of drug-likeness (QED) is 0.0198. The first-order valence-electron chi connectivity index (χ1n) is 23.5. The van der Waals surface area contributed by atoms with Gasteiger partial charge in [0.15, 0.2) is 12.4 Å². The average molecular weight is 895 g/mol. The van der Waals surface area contributed by atoms with Gasteiger partial charge in [-0.3, -0.25) is 14.1 Å². The van der Waals surface area contributed by atoms with Crippen molar-refractivity contribution >= 4 is 22.1 Å². The van der Waals surface area contributed by atoms with Crippen molar-refractivity contribution in [2.75, 3.05) is 19.0 Å². The summed E-state index contributed by atoms with van der Waals surface area (Å²) in [4.78, 5) is 25.4. The van der Waals surface area contributed by atoms with Crippen LogP contribution in [0.15, 0.2) is 73.4 Å². The number of allylic oxidation sites excluding steroid dienone is 11. The van der Waals surface area contributed by atoms with Gasteiger partial charge in [-0.15, -0.1) is 6.58 Å². The molecule has 6 atom stereocenters. The highest BCUT2D eigenvalue weighted by Crippen LogP contribution is 2.24. The van der Waals surface area contributed by atoms with Crippen LogP contribution in [-0.2, 0) is 38.7 Å². The summed E-state index contributed by atoms with van der Waals surface area (Å²) in [6.45, 7) is 5.19. The van der Waals surface area contributed by atoms with Gasteiger partial charge in [-0.05, 0) is 64.2 Å². The van der Waals surface area contributed by atoms with E-state index >= 15 is 0 Å². The van der Waals surface area contributed by atoms with Crippen LogP contribution in [0.25, 0.3) is 0 Å². The van der Waals surface area contributed by atoms with E-state index in [-0.39, 0.29) is 19.4 Å². The van der Waals surface area contributed by atoms with E-state index in [0.29, 0.717) is 12.8 Å². The second-order valence-electron chi connectivity index (χ2n) is 16.1. The predicted molar refractivity (Wildman–Crippen MR) is 247 cm³/mol. The van der Waals surface area contributed by atoms with Crippen molar-refractivity contribution in [2.24, 2.45) is 0 Å². The number of carbonyl (C=O) groups is 2. The van der Waals surface area contributed by atoms with Gasteiger partial charge in [-0.25, -0.2) is 0 Å². The van der Waals surface area contributed by atoms with Crippen molar-refractivity contribution in [1.29, 1.82) is 0 Å². The minimum atomic E-state index is -4.61. The van der Waals surface area contributed by atoms with E-state index in [2.05, 4.69) is 62.1 Å². The van der Waals surface area contributed by atoms with E-state index in [0.717, 1.165) is 57.8 Å². The number of esters is 2. The third-order valence-electron chi connectivity index (χ3n) is 10.4. The van der Waals surface area contributed by atoms with Crippen molar-refractivity contribution in [2.45, 2.75) is 204 Å². The number of hydrogen-bond donors (Lipinski definition) is 4. The lowest BCUT2D eigenvalue weighted by molar-refractivity contribution is -0.297. The van der Waals surface area contributed by atoms with E-state index in [1.54, 1.807) is 0 Å². The molecule has 356 valence electrons. The zero-order valence-electron chi connectivity index (χ0n) is 37.8. The van der Waals surface area contributed by atoms with Crippen molar-refractivity contribution in [3.05, 3.63) is 73.4 Å². The highest BCUT2D eigenvalue weighted by atomic mass is 32.2. The van der Waals surface area contributed by atoms with E-state index in [4.69, 9.17) is 18.9 Å². The van der Waals surface area contributed by atoms with E-state index in [1.165, 1.54) is 77.0 Å². The third-order valence-corrected chi connectivity index (χ3v) is 11.2. The number of unbranched alkanes of at least 4 members (excludes halogenated alkanes) is 16. The summed E-state index contributed by atoms with van der Waals surface area (Å²) in [7, 11) is -4.61. The summed E-state index contributed by atoms with van der Waals surface area (Å²) in [5.41, 5.74) is 0. The van der Waals surface area contributed by atoms with Crippen LogP contribution in [-0.4, -0.2) is 96.0 Å². The number of carbonyl (C=O) groups excluding carboxylic acids is 2. The maximum Gasteiger partial charge on any atom is 0.306 e. The Bertz CT molecular complexity index is 1410. The van der Waals surface area contributed by atoms with Gasteiger partial charge in [0.2, 0.25) is 0 Å². The molecule has 0 amide bonds. The van der Waals surface area contributed by atoms with Gasteiger partial charge >= 0.3 is 11.9 Å².